The van der Waals surface area contributed by atoms with Crippen LogP contribution in [0.3, 0.4) is 0 Å². The highest BCUT2D eigenvalue weighted by Crippen LogP contribution is 2.33. The van der Waals surface area contributed by atoms with Crippen molar-refractivity contribution in [3.63, 3.8) is 0 Å². The standard InChI is InChI=1S/C13H10F3NOS2/c1-2-17-11(18)10(20-12(17)19)7-8-3-5-9(6-4-8)13(14,15)16/h3-7H,2H2,1H3/b10-7+. The van der Waals surface area contributed by atoms with Crippen LogP contribution in [-0.2, 0) is 11.0 Å². The topological polar surface area (TPSA) is 20.3 Å². The molecule has 2 rings (SSSR count). The molecular formula is C13H10F3NOS2. The predicted molar refractivity (Wildman–Crippen MR) is 77.0 cm³/mol. The Hall–Kier alpha value is -1.34. The van der Waals surface area contributed by atoms with Crippen molar-refractivity contribution in [1.82, 2.24) is 4.90 Å². The van der Waals surface area contributed by atoms with Crippen LogP contribution >= 0.6 is 24.0 Å². The highest BCUT2D eigenvalue weighted by atomic mass is 32.2. The van der Waals surface area contributed by atoms with Crippen molar-refractivity contribution in [2.75, 3.05) is 6.54 Å². The molecule has 1 amide bonds. The second kappa shape index (κ2) is 5.57. The second-order valence-electron chi connectivity index (χ2n) is 4.05. The number of alkyl halides is 3. The molecule has 1 aliphatic heterocycles. The average Bonchev–Trinajstić information content (AvgIpc) is 2.63. The molecule has 20 heavy (non-hydrogen) atoms. The fourth-order valence-corrected chi connectivity index (χ4v) is 3.08. The summed E-state index contributed by atoms with van der Waals surface area (Å²) in [4.78, 5) is 13.8. The van der Waals surface area contributed by atoms with E-state index in [1.807, 2.05) is 6.92 Å². The fourth-order valence-electron chi connectivity index (χ4n) is 1.69. The van der Waals surface area contributed by atoms with Gasteiger partial charge < -0.3 is 0 Å². The third kappa shape index (κ3) is 3.04. The Morgan fingerprint density at radius 3 is 2.35 bits per heavy atom. The van der Waals surface area contributed by atoms with Gasteiger partial charge in [-0.05, 0) is 30.7 Å². The van der Waals surface area contributed by atoms with Gasteiger partial charge in [-0.15, -0.1) is 0 Å². The number of hydrogen-bond acceptors (Lipinski definition) is 3. The molecule has 106 valence electrons. The van der Waals surface area contributed by atoms with Crippen molar-refractivity contribution in [2.24, 2.45) is 0 Å². The third-order valence-corrected chi connectivity index (χ3v) is 4.10. The summed E-state index contributed by atoms with van der Waals surface area (Å²) in [5.74, 6) is -0.206. The molecule has 2 nitrogen and oxygen atoms in total. The highest BCUT2D eigenvalue weighted by Gasteiger charge is 2.31. The maximum absolute atomic E-state index is 12.4. The lowest BCUT2D eigenvalue weighted by Gasteiger charge is -2.09. The maximum atomic E-state index is 12.4. The van der Waals surface area contributed by atoms with E-state index < -0.39 is 11.7 Å². The summed E-state index contributed by atoms with van der Waals surface area (Å²) in [5, 5.41) is 0. The summed E-state index contributed by atoms with van der Waals surface area (Å²) in [6.07, 6.45) is -2.81. The van der Waals surface area contributed by atoms with Gasteiger partial charge in [0.2, 0.25) is 0 Å². The van der Waals surface area contributed by atoms with Gasteiger partial charge in [-0.3, -0.25) is 9.69 Å². The zero-order chi connectivity index (χ0) is 14.9. The largest absolute Gasteiger partial charge is 0.416 e. The minimum Gasteiger partial charge on any atom is -0.293 e. The molecule has 0 radical (unpaired) electrons. The Balaban J connectivity index is 2.24. The molecule has 1 aromatic rings. The molecule has 1 fully saturated rings. The number of carbonyl (C=O) groups is 1. The van der Waals surface area contributed by atoms with E-state index in [2.05, 4.69) is 0 Å². The first-order valence-corrected chi connectivity index (χ1v) is 6.98. The Bertz CT molecular complexity index is 578. The van der Waals surface area contributed by atoms with Crippen molar-refractivity contribution in [3.8, 4) is 0 Å². The maximum Gasteiger partial charge on any atom is 0.416 e. The molecule has 0 aliphatic carbocycles. The second-order valence-corrected chi connectivity index (χ2v) is 5.72. The zero-order valence-corrected chi connectivity index (χ0v) is 12.0. The molecule has 0 N–H and O–H groups in total. The number of amides is 1. The van der Waals surface area contributed by atoms with Crippen LogP contribution < -0.4 is 0 Å². The van der Waals surface area contributed by atoms with E-state index in [4.69, 9.17) is 12.2 Å². The number of benzene rings is 1. The number of nitrogens with zero attached hydrogens (tertiary/aromatic N) is 1. The van der Waals surface area contributed by atoms with Crippen LogP contribution in [-0.4, -0.2) is 21.7 Å². The third-order valence-electron chi connectivity index (χ3n) is 2.73. The van der Waals surface area contributed by atoms with Gasteiger partial charge in [0.15, 0.2) is 0 Å². The first kappa shape index (κ1) is 15.1. The number of hydrogen-bond donors (Lipinski definition) is 0. The molecule has 0 atom stereocenters. The summed E-state index contributed by atoms with van der Waals surface area (Å²) in [7, 11) is 0. The number of thioether (sulfide) groups is 1. The van der Waals surface area contributed by atoms with E-state index in [1.54, 1.807) is 6.08 Å². The molecule has 1 aromatic carbocycles. The quantitative estimate of drug-likeness (QED) is 0.609. The number of halogens is 3. The van der Waals surface area contributed by atoms with Crippen LogP contribution in [0.25, 0.3) is 6.08 Å². The van der Waals surface area contributed by atoms with E-state index in [0.717, 1.165) is 23.9 Å². The molecule has 0 spiro atoms. The molecule has 0 unspecified atom stereocenters. The molecule has 0 saturated carbocycles. The SMILES string of the molecule is CCN1C(=O)/C(=C\c2ccc(C(F)(F)F)cc2)SC1=S. The molecule has 1 heterocycles. The number of likely N-dealkylation sites (N-methyl/N-ethyl adjacent to an activating group) is 1. The van der Waals surface area contributed by atoms with Gasteiger partial charge in [-0.1, -0.05) is 36.1 Å². The van der Waals surface area contributed by atoms with Crippen molar-refractivity contribution in [1.29, 1.82) is 0 Å². The lowest BCUT2D eigenvalue weighted by atomic mass is 10.1. The summed E-state index contributed by atoms with van der Waals surface area (Å²) in [6.45, 7) is 2.29. The van der Waals surface area contributed by atoms with Gasteiger partial charge in [0.05, 0.1) is 10.5 Å². The molecule has 1 aliphatic rings. The van der Waals surface area contributed by atoms with E-state index in [0.29, 0.717) is 21.3 Å². The average molecular weight is 317 g/mol. The van der Waals surface area contributed by atoms with E-state index >= 15 is 0 Å². The van der Waals surface area contributed by atoms with Gasteiger partial charge >= 0.3 is 6.18 Å². The van der Waals surface area contributed by atoms with Crippen LogP contribution in [0, 0.1) is 0 Å². The van der Waals surface area contributed by atoms with Crippen LogP contribution in [0.4, 0.5) is 13.2 Å². The lowest BCUT2D eigenvalue weighted by Crippen LogP contribution is -2.27. The van der Waals surface area contributed by atoms with E-state index in [9.17, 15) is 18.0 Å². The van der Waals surface area contributed by atoms with Crippen LogP contribution in [0.2, 0.25) is 0 Å². The molecule has 0 bridgehead atoms. The summed E-state index contributed by atoms with van der Waals surface area (Å²) < 4.78 is 37.8. The molecule has 0 aromatic heterocycles. The smallest absolute Gasteiger partial charge is 0.293 e. The minimum atomic E-state index is -4.36. The lowest BCUT2D eigenvalue weighted by molar-refractivity contribution is -0.137. The van der Waals surface area contributed by atoms with Gasteiger partial charge in [-0.2, -0.15) is 13.2 Å². The Kier molecular flexibility index (Phi) is 4.19. The van der Waals surface area contributed by atoms with Gasteiger partial charge in [0, 0.05) is 6.54 Å². The van der Waals surface area contributed by atoms with E-state index in [-0.39, 0.29) is 5.91 Å². The van der Waals surface area contributed by atoms with Crippen LogP contribution in [0.15, 0.2) is 29.2 Å². The fraction of sp³-hybridized carbons (Fsp3) is 0.231. The van der Waals surface area contributed by atoms with Crippen molar-refractivity contribution in [3.05, 3.63) is 40.3 Å². The molecule has 7 heteroatoms. The van der Waals surface area contributed by atoms with Gasteiger partial charge in [0.25, 0.3) is 5.91 Å². The Labute approximate surface area is 123 Å². The summed E-state index contributed by atoms with van der Waals surface area (Å²) in [5.41, 5.74) is -0.176. The minimum absolute atomic E-state index is 0.206. The van der Waals surface area contributed by atoms with Crippen LogP contribution in [0.5, 0.6) is 0 Å². The predicted octanol–water partition coefficient (Wildman–Crippen LogP) is 3.93. The first-order valence-electron chi connectivity index (χ1n) is 5.75. The van der Waals surface area contributed by atoms with Gasteiger partial charge in [0.1, 0.15) is 4.32 Å². The normalized spacial score (nSPS) is 18.2. The van der Waals surface area contributed by atoms with Crippen molar-refractivity contribution < 1.29 is 18.0 Å². The summed E-state index contributed by atoms with van der Waals surface area (Å²) >= 11 is 6.22. The van der Waals surface area contributed by atoms with Crippen molar-refractivity contribution in [2.45, 2.75) is 13.1 Å². The number of carbonyl (C=O) groups excluding carboxylic acids is 1. The first-order chi connectivity index (χ1) is 9.32. The molecular weight excluding hydrogens is 307 g/mol. The van der Waals surface area contributed by atoms with E-state index in [1.165, 1.54) is 17.0 Å². The number of thiocarbonyl (C=S) groups is 1. The monoisotopic (exact) mass is 317 g/mol. The van der Waals surface area contributed by atoms with Crippen molar-refractivity contribution >= 4 is 40.3 Å². The Morgan fingerprint density at radius 2 is 1.90 bits per heavy atom. The van der Waals surface area contributed by atoms with Gasteiger partial charge in [-0.25, -0.2) is 0 Å². The highest BCUT2D eigenvalue weighted by molar-refractivity contribution is 8.26. The Morgan fingerprint density at radius 1 is 1.30 bits per heavy atom. The number of rotatable bonds is 2. The summed E-state index contributed by atoms with van der Waals surface area (Å²) in [6, 6.07) is 4.65. The van der Waals surface area contributed by atoms with Crippen LogP contribution in [0.1, 0.15) is 18.1 Å². The zero-order valence-electron chi connectivity index (χ0n) is 10.4. The molecule has 1 saturated heterocycles.